The van der Waals surface area contributed by atoms with Crippen LogP contribution in [-0.4, -0.2) is 43.5 Å². The normalized spacial score (nSPS) is 16.2. The highest BCUT2D eigenvalue weighted by Crippen LogP contribution is 2.24. The van der Waals surface area contributed by atoms with Crippen LogP contribution in [0.1, 0.15) is 23.4 Å². The van der Waals surface area contributed by atoms with Crippen molar-refractivity contribution in [2.24, 2.45) is 5.92 Å². The van der Waals surface area contributed by atoms with Crippen molar-refractivity contribution in [3.8, 4) is 5.69 Å². The van der Waals surface area contributed by atoms with Gasteiger partial charge in [0.1, 0.15) is 11.5 Å². The first-order chi connectivity index (χ1) is 14.4. The lowest BCUT2D eigenvalue weighted by Gasteiger charge is -2.17. The summed E-state index contributed by atoms with van der Waals surface area (Å²) in [7, 11) is 0. The van der Waals surface area contributed by atoms with Crippen molar-refractivity contribution in [3.05, 3.63) is 65.2 Å². The standard InChI is InChI=1S/C21H21FN6O2/c1-13-3-5-15(6-4-13)11-27-12-16(9-20(27)29)21(30)23-17-7-8-18(22)19(10-17)28-14(2)24-25-26-28/h3-8,10,16H,9,11-12H2,1-2H3,(H,23,30). The van der Waals surface area contributed by atoms with Gasteiger partial charge in [0.15, 0.2) is 5.82 Å². The van der Waals surface area contributed by atoms with E-state index in [2.05, 4.69) is 20.8 Å². The van der Waals surface area contributed by atoms with Crippen LogP contribution in [0.4, 0.5) is 10.1 Å². The number of benzene rings is 2. The Morgan fingerprint density at radius 3 is 2.67 bits per heavy atom. The summed E-state index contributed by atoms with van der Waals surface area (Å²) in [6, 6.07) is 12.1. The monoisotopic (exact) mass is 408 g/mol. The summed E-state index contributed by atoms with van der Waals surface area (Å²) in [6.45, 7) is 4.48. The zero-order valence-corrected chi connectivity index (χ0v) is 16.7. The van der Waals surface area contributed by atoms with E-state index in [1.807, 2.05) is 31.2 Å². The van der Waals surface area contributed by atoms with Crippen LogP contribution in [0.2, 0.25) is 0 Å². The molecular formula is C21H21FN6O2. The molecule has 1 unspecified atom stereocenters. The van der Waals surface area contributed by atoms with Crippen LogP contribution >= 0.6 is 0 Å². The first-order valence-electron chi connectivity index (χ1n) is 9.60. The average Bonchev–Trinajstić information content (AvgIpc) is 3.31. The first-order valence-corrected chi connectivity index (χ1v) is 9.60. The maximum Gasteiger partial charge on any atom is 0.229 e. The molecule has 2 heterocycles. The Morgan fingerprint density at radius 1 is 1.20 bits per heavy atom. The van der Waals surface area contributed by atoms with Crippen molar-refractivity contribution in [2.75, 3.05) is 11.9 Å². The fourth-order valence-corrected chi connectivity index (χ4v) is 3.47. The van der Waals surface area contributed by atoms with E-state index in [4.69, 9.17) is 0 Å². The van der Waals surface area contributed by atoms with E-state index in [9.17, 15) is 14.0 Å². The number of hydrogen-bond donors (Lipinski definition) is 1. The summed E-state index contributed by atoms with van der Waals surface area (Å²) < 4.78 is 15.5. The molecule has 1 aliphatic rings. The number of hydrogen-bond acceptors (Lipinski definition) is 5. The summed E-state index contributed by atoms with van der Waals surface area (Å²) in [5, 5.41) is 13.8. The number of nitrogens with zero attached hydrogens (tertiary/aromatic N) is 5. The molecule has 4 rings (SSSR count). The number of aromatic nitrogens is 4. The second-order valence-corrected chi connectivity index (χ2v) is 7.45. The zero-order valence-electron chi connectivity index (χ0n) is 16.7. The fourth-order valence-electron chi connectivity index (χ4n) is 3.47. The Kier molecular flexibility index (Phi) is 5.26. The number of aryl methyl sites for hydroxylation is 2. The van der Waals surface area contributed by atoms with Crippen molar-refractivity contribution in [1.29, 1.82) is 0 Å². The number of rotatable bonds is 5. The number of anilines is 1. The molecule has 2 aromatic carbocycles. The van der Waals surface area contributed by atoms with Crippen LogP contribution in [0.3, 0.4) is 0 Å². The molecule has 9 heteroatoms. The molecule has 0 spiro atoms. The second-order valence-electron chi connectivity index (χ2n) is 7.45. The van der Waals surface area contributed by atoms with E-state index in [0.29, 0.717) is 24.6 Å². The smallest absolute Gasteiger partial charge is 0.229 e. The molecule has 30 heavy (non-hydrogen) atoms. The molecule has 3 aromatic rings. The molecule has 1 aliphatic heterocycles. The van der Waals surface area contributed by atoms with Gasteiger partial charge in [0, 0.05) is 25.2 Å². The van der Waals surface area contributed by atoms with E-state index in [-0.39, 0.29) is 23.9 Å². The summed E-state index contributed by atoms with van der Waals surface area (Å²) in [6.07, 6.45) is 0.151. The Balaban J connectivity index is 1.44. The average molecular weight is 408 g/mol. The van der Waals surface area contributed by atoms with Gasteiger partial charge in [0.2, 0.25) is 11.8 Å². The van der Waals surface area contributed by atoms with Crippen molar-refractivity contribution < 1.29 is 14.0 Å². The highest BCUT2D eigenvalue weighted by Gasteiger charge is 2.34. The predicted molar refractivity (Wildman–Crippen MR) is 107 cm³/mol. The minimum atomic E-state index is -0.510. The van der Waals surface area contributed by atoms with Gasteiger partial charge in [-0.1, -0.05) is 29.8 Å². The molecule has 1 atom stereocenters. The minimum Gasteiger partial charge on any atom is -0.338 e. The van der Waals surface area contributed by atoms with Gasteiger partial charge < -0.3 is 10.2 Å². The number of carbonyl (C=O) groups excluding carboxylic acids is 2. The predicted octanol–water partition coefficient (Wildman–Crippen LogP) is 2.41. The molecule has 0 saturated carbocycles. The molecule has 1 saturated heterocycles. The van der Waals surface area contributed by atoms with E-state index in [1.165, 1.54) is 22.9 Å². The number of carbonyl (C=O) groups is 2. The Hall–Kier alpha value is -3.62. The molecule has 0 bridgehead atoms. The third-order valence-electron chi connectivity index (χ3n) is 5.15. The van der Waals surface area contributed by atoms with E-state index < -0.39 is 11.7 Å². The fraction of sp³-hybridized carbons (Fsp3) is 0.286. The van der Waals surface area contributed by atoms with Crippen LogP contribution in [0, 0.1) is 25.6 Å². The number of likely N-dealkylation sites (tertiary alicyclic amines) is 1. The van der Waals surface area contributed by atoms with Gasteiger partial charge in [0.05, 0.1) is 5.92 Å². The lowest BCUT2D eigenvalue weighted by molar-refractivity contribution is -0.128. The van der Waals surface area contributed by atoms with Crippen LogP contribution in [0.5, 0.6) is 0 Å². The third kappa shape index (κ3) is 4.05. The van der Waals surface area contributed by atoms with Crippen molar-refractivity contribution in [3.63, 3.8) is 0 Å². The number of tetrazole rings is 1. The SMILES string of the molecule is Cc1ccc(CN2CC(C(=O)Nc3ccc(F)c(-n4nnnc4C)c3)CC2=O)cc1. The van der Waals surface area contributed by atoms with Gasteiger partial charge in [-0.2, -0.15) is 4.68 Å². The first kappa shape index (κ1) is 19.7. The van der Waals surface area contributed by atoms with Gasteiger partial charge in [-0.15, -0.1) is 5.10 Å². The lowest BCUT2D eigenvalue weighted by atomic mass is 10.1. The number of nitrogens with one attached hydrogen (secondary N) is 1. The van der Waals surface area contributed by atoms with Gasteiger partial charge in [-0.25, -0.2) is 4.39 Å². The van der Waals surface area contributed by atoms with E-state index >= 15 is 0 Å². The summed E-state index contributed by atoms with van der Waals surface area (Å²) in [5.74, 6) is -0.888. The number of amides is 2. The zero-order chi connectivity index (χ0) is 21.3. The maximum absolute atomic E-state index is 14.2. The molecule has 0 aliphatic carbocycles. The van der Waals surface area contributed by atoms with Crippen molar-refractivity contribution in [2.45, 2.75) is 26.8 Å². The molecule has 1 fully saturated rings. The summed E-state index contributed by atoms with van der Waals surface area (Å²) >= 11 is 0. The van der Waals surface area contributed by atoms with Gasteiger partial charge in [-0.3, -0.25) is 9.59 Å². The molecule has 0 radical (unpaired) electrons. The van der Waals surface area contributed by atoms with Gasteiger partial charge >= 0.3 is 0 Å². The molecule has 1 N–H and O–H groups in total. The molecule has 2 amide bonds. The minimum absolute atomic E-state index is 0.0557. The maximum atomic E-state index is 14.2. The van der Waals surface area contributed by atoms with Crippen LogP contribution < -0.4 is 5.32 Å². The third-order valence-corrected chi connectivity index (χ3v) is 5.15. The van der Waals surface area contributed by atoms with Crippen LogP contribution in [-0.2, 0) is 16.1 Å². The van der Waals surface area contributed by atoms with E-state index in [1.54, 1.807) is 11.8 Å². The Bertz CT molecular complexity index is 1100. The van der Waals surface area contributed by atoms with Gasteiger partial charge in [-0.05, 0) is 48.0 Å². The van der Waals surface area contributed by atoms with E-state index in [0.717, 1.165) is 11.1 Å². The summed E-state index contributed by atoms with van der Waals surface area (Å²) in [5.41, 5.74) is 2.73. The van der Waals surface area contributed by atoms with Crippen LogP contribution in [0.25, 0.3) is 5.69 Å². The molecular weight excluding hydrogens is 387 g/mol. The Labute approximate surface area is 172 Å². The lowest BCUT2D eigenvalue weighted by Crippen LogP contribution is -2.28. The summed E-state index contributed by atoms with van der Waals surface area (Å²) in [4.78, 5) is 26.8. The van der Waals surface area contributed by atoms with Gasteiger partial charge in [0.25, 0.3) is 0 Å². The van der Waals surface area contributed by atoms with Crippen molar-refractivity contribution in [1.82, 2.24) is 25.1 Å². The molecule has 8 nitrogen and oxygen atoms in total. The quantitative estimate of drug-likeness (QED) is 0.700. The molecule has 1 aromatic heterocycles. The number of halogens is 1. The highest BCUT2D eigenvalue weighted by molar-refractivity contribution is 5.97. The van der Waals surface area contributed by atoms with Crippen molar-refractivity contribution >= 4 is 17.5 Å². The highest BCUT2D eigenvalue weighted by atomic mass is 19.1. The Morgan fingerprint density at radius 2 is 1.97 bits per heavy atom. The topological polar surface area (TPSA) is 93.0 Å². The second kappa shape index (κ2) is 8.02. The van der Waals surface area contributed by atoms with Crippen LogP contribution in [0.15, 0.2) is 42.5 Å². The largest absolute Gasteiger partial charge is 0.338 e. The molecule has 154 valence electrons.